The van der Waals surface area contributed by atoms with Crippen molar-refractivity contribution in [2.24, 2.45) is 0 Å². The fraction of sp³-hybridized carbons (Fsp3) is 0.290. The van der Waals surface area contributed by atoms with Gasteiger partial charge in [-0.2, -0.15) is 0 Å². The molecule has 1 saturated heterocycles. The van der Waals surface area contributed by atoms with E-state index in [2.05, 4.69) is 69.5 Å². The lowest BCUT2D eigenvalue weighted by Crippen LogP contribution is -2.46. The minimum absolute atomic E-state index is 0.249. The lowest BCUT2D eigenvalue weighted by Gasteiger charge is -2.35. The molecule has 4 aromatic rings. The number of thioether (sulfide) groups is 1. The third-order valence-corrected chi connectivity index (χ3v) is 7.55. The van der Waals surface area contributed by atoms with Crippen molar-refractivity contribution in [2.75, 3.05) is 37.6 Å². The highest BCUT2D eigenvalue weighted by Crippen LogP contribution is 2.25. The van der Waals surface area contributed by atoms with Gasteiger partial charge >= 0.3 is 0 Å². The quantitative estimate of drug-likeness (QED) is 0.203. The first-order valence-corrected chi connectivity index (χ1v) is 14.6. The summed E-state index contributed by atoms with van der Waals surface area (Å²) in [6.07, 6.45) is 8.70. The number of hydrogen-bond donors (Lipinski definition) is 1. The molecule has 0 atom stereocenters. The van der Waals surface area contributed by atoms with E-state index in [1.807, 2.05) is 24.3 Å². The molecule has 1 N–H and O–H groups in total. The molecule has 0 aliphatic carbocycles. The molecule has 3 aromatic heterocycles. The minimum Gasteiger partial charge on any atom is -0.455 e. The number of nitrogens with one attached hydrogen (secondary N) is 1. The molecule has 0 saturated carbocycles. The third kappa shape index (κ3) is 7.80. The SMILES string of the molecule is CCc1cc(N2CCN(CC=Cc3ccccc3)CC2)nc(SCc2ccc(C(=O)NCc3cccnc3)o2)n1. The van der Waals surface area contributed by atoms with E-state index in [0.717, 1.165) is 61.4 Å². The first-order chi connectivity index (χ1) is 19.7. The van der Waals surface area contributed by atoms with Gasteiger partial charge < -0.3 is 14.6 Å². The summed E-state index contributed by atoms with van der Waals surface area (Å²) in [7, 11) is 0. The molecule has 0 unspecified atom stereocenters. The Balaban J connectivity index is 1.13. The normalized spacial score (nSPS) is 14.1. The summed E-state index contributed by atoms with van der Waals surface area (Å²) in [5.74, 6) is 2.27. The van der Waals surface area contributed by atoms with E-state index >= 15 is 0 Å². The van der Waals surface area contributed by atoms with Gasteiger partial charge in [0.2, 0.25) is 0 Å². The summed E-state index contributed by atoms with van der Waals surface area (Å²) in [5.41, 5.74) is 3.19. The summed E-state index contributed by atoms with van der Waals surface area (Å²) in [6, 6.07) is 19.8. The average molecular weight is 555 g/mol. The van der Waals surface area contributed by atoms with Crippen molar-refractivity contribution >= 4 is 29.6 Å². The van der Waals surface area contributed by atoms with Gasteiger partial charge in [-0.05, 0) is 35.7 Å². The Morgan fingerprint density at radius 2 is 1.90 bits per heavy atom. The Morgan fingerprint density at radius 3 is 2.67 bits per heavy atom. The monoisotopic (exact) mass is 554 g/mol. The van der Waals surface area contributed by atoms with E-state index in [1.165, 1.54) is 17.3 Å². The molecule has 1 amide bonds. The first-order valence-electron chi connectivity index (χ1n) is 13.6. The van der Waals surface area contributed by atoms with E-state index in [9.17, 15) is 4.79 Å². The van der Waals surface area contributed by atoms with Crippen LogP contribution in [0.3, 0.4) is 0 Å². The highest BCUT2D eigenvalue weighted by molar-refractivity contribution is 7.98. The van der Waals surface area contributed by atoms with Crippen molar-refractivity contribution in [3.8, 4) is 0 Å². The van der Waals surface area contributed by atoms with Gasteiger partial charge in [0.15, 0.2) is 10.9 Å². The third-order valence-electron chi connectivity index (χ3n) is 6.68. The molecule has 9 heteroatoms. The van der Waals surface area contributed by atoms with Crippen LogP contribution in [0.2, 0.25) is 0 Å². The molecule has 1 fully saturated rings. The number of benzene rings is 1. The van der Waals surface area contributed by atoms with Crippen LogP contribution in [0.15, 0.2) is 88.7 Å². The molecule has 1 aliphatic heterocycles. The second kappa shape index (κ2) is 13.9. The van der Waals surface area contributed by atoms with Gasteiger partial charge in [0.1, 0.15) is 11.6 Å². The second-order valence-electron chi connectivity index (χ2n) is 9.55. The number of hydrogen-bond acceptors (Lipinski definition) is 8. The fourth-order valence-electron chi connectivity index (χ4n) is 4.41. The second-order valence-corrected chi connectivity index (χ2v) is 10.5. The minimum atomic E-state index is -0.249. The van der Waals surface area contributed by atoms with E-state index < -0.39 is 0 Å². The number of carbonyl (C=O) groups excluding carboxylic acids is 1. The number of carbonyl (C=O) groups is 1. The molecule has 4 heterocycles. The van der Waals surface area contributed by atoms with Gasteiger partial charge in [0.25, 0.3) is 5.91 Å². The Kier molecular flexibility index (Phi) is 9.60. The molecular weight excluding hydrogens is 520 g/mol. The van der Waals surface area contributed by atoms with E-state index in [-0.39, 0.29) is 5.91 Å². The van der Waals surface area contributed by atoms with Crippen LogP contribution >= 0.6 is 11.8 Å². The van der Waals surface area contributed by atoms with Gasteiger partial charge in [0, 0.05) is 63.4 Å². The van der Waals surface area contributed by atoms with Crippen LogP contribution in [0.25, 0.3) is 6.08 Å². The number of piperazine rings is 1. The van der Waals surface area contributed by atoms with Crippen LogP contribution in [0, 0.1) is 0 Å². The molecular formula is C31H34N6O2S. The van der Waals surface area contributed by atoms with Crippen LogP contribution in [0.4, 0.5) is 5.82 Å². The van der Waals surface area contributed by atoms with Gasteiger partial charge in [-0.3, -0.25) is 14.7 Å². The van der Waals surface area contributed by atoms with Gasteiger partial charge in [0.05, 0.1) is 5.75 Å². The molecule has 0 bridgehead atoms. The largest absolute Gasteiger partial charge is 0.455 e. The summed E-state index contributed by atoms with van der Waals surface area (Å²) < 4.78 is 5.81. The lowest BCUT2D eigenvalue weighted by molar-refractivity contribution is 0.0921. The molecule has 1 aromatic carbocycles. The average Bonchev–Trinajstić information content (AvgIpc) is 3.49. The topological polar surface area (TPSA) is 87.4 Å². The zero-order chi connectivity index (χ0) is 27.6. The maximum atomic E-state index is 12.5. The zero-order valence-electron chi connectivity index (χ0n) is 22.7. The highest BCUT2D eigenvalue weighted by atomic mass is 32.2. The van der Waals surface area contributed by atoms with E-state index in [1.54, 1.807) is 18.5 Å². The van der Waals surface area contributed by atoms with Crippen LogP contribution in [-0.2, 0) is 18.7 Å². The van der Waals surface area contributed by atoms with Crippen molar-refractivity contribution in [3.05, 3.63) is 107 Å². The number of aromatic nitrogens is 3. The predicted molar refractivity (Wildman–Crippen MR) is 159 cm³/mol. The standard InChI is InChI=1S/C31H34N6O2S/c1-2-26-20-29(37-18-16-36(17-19-37)15-7-11-24-8-4-3-5-9-24)35-31(34-26)40-23-27-12-13-28(39-27)30(38)33-22-25-10-6-14-32-21-25/h3-14,20-21H,2,15-19,22-23H2,1H3,(H,33,38). The fourth-order valence-corrected chi connectivity index (χ4v) is 5.18. The molecule has 1 aliphatic rings. The van der Waals surface area contributed by atoms with Crippen LogP contribution in [-0.4, -0.2) is 58.5 Å². The number of aryl methyl sites for hydroxylation is 1. The molecule has 0 radical (unpaired) electrons. The molecule has 0 spiro atoms. The summed E-state index contributed by atoms with van der Waals surface area (Å²) in [6.45, 7) is 7.30. The first kappa shape index (κ1) is 27.6. The van der Waals surface area contributed by atoms with E-state index in [4.69, 9.17) is 14.4 Å². The van der Waals surface area contributed by atoms with Crippen LogP contribution in [0.1, 0.15) is 40.1 Å². The van der Waals surface area contributed by atoms with Gasteiger partial charge in [-0.1, -0.05) is 67.2 Å². The summed E-state index contributed by atoms with van der Waals surface area (Å²) >= 11 is 1.52. The molecule has 206 valence electrons. The molecule has 5 rings (SSSR count). The number of rotatable bonds is 11. The number of nitrogens with zero attached hydrogens (tertiary/aromatic N) is 5. The van der Waals surface area contributed by atoms with Crippen molar-refractivity contribution in [3.63, 3.8) is 0 Å². The van der Waals surface area contributed by atoms with Crippen molar-refractivity contribution in [1.82, 2.24) is 25.2 Å². The Hall–Kier alpha value is -3.95. The Bertz CT molecular complexity index is 1400. The number of anilines is 1. The Morgan fingerprint density at radius 1 is 1.05 bits per heavy atom. The maximum Gasteiger partial charge on any atom is 0.287 e. The van der Waals surface area contributed by atoms with Crippen molar-refractivity contribution < 1.29 is 9.21 Å². The highest BCUT2D eigenvalue weighted by Gasteiger charge is 2.19. The zero-order valence-corrected chi connectivity index (χ0v) is 23.5. The van der Waals surface area contributed by atoms with Crippen molar-refractivity contribution in [1.29, 1.82) is 0 Å². The maximum absolute atomic E-state index is 12.5. The molecule has 40 heavy (non-hydrogen) atoms. The number of pyridine rings is 1. The lowest BCUT2D eigenvalue weighted by atomic mass is 10.2. The number of furan rings is 1. The smallest absolute Gasteiger partial charge is 0.287 e. The van der Waals surface area contributed by atoms with Crippen LogP contribution < -0.4 is 10.2 Å². The van der Waals surface area contributed by atoms with Crippen LogP contribution in [0.5, 0.6) is 0 Å². The van der Waals surface area contributed by atoms with Gasteiger partial charge in [-0.15, -0.1) is 0 Å². The number of amides is 1. The summed E-state index contributed by atoms with van der Waals surface area (Å²) in [5, 5.41) is 3.59. The van der Waals surface area contributed by atoms with Gasteiger partial charge in [-0.25, -0.2) is 9.97 Å². The van der Waals surface area contributed by atoms with E-state index in [0.29, 0.717) is 23.8 Å². The molecule has 8 nitrogen and oxygen atoms in total. The predicted octanol–water partition coefficient (Wildman–Crippen LogP) is 5.08. The summed E-state index contributed by atoms with van der Waals surface area (Å²) in [4.78, 5) is 31.0. The van der Waals surface area contributed by atoms with Crippen molar-refractivity contribution in [2.45, 2.75) is 30.8 Å². The Labute approximate surface area is 239 Å².